The summed E-state index contributed by atoms with van der Waals surface area (Å²) in [4.78, 5) is 13.0. The first-order chi connectivity index (χ1) is 17.3. The van der Waals surface area contributed by atoms with Gasteiger partial charge in [0.15, 0.2) is 0 Å². The molecule has 1 N–H and O–H groups in total. The lowest BCUT2D eigenvalue weighted by atomic mass is 9.89. The molecule has 0 radical (unpaired) electrons. The van der Waals surface area contributed by atoms with E-state index in [0.717, 1.165) is 63.1 Å². The van der Waals surface area contributed by atoms with Crippen molar-refractivity contribution in [2.24, 2.45) is 0 Å². The molecular formula is C31H37N2O3+. The summed E-state index contributed by atoms with van der Waals surface area (Å²) in [5.41, 5.74) is 7.49. The molecule has 0 fully saturated rings. The first-order valence-corrected chi connectivity index (χ1v) is 12.9. The fourth-order valence-corrected chi connectivity index (χ4v) is 5.07. The molecule has 5 nitrogen and oxygen atoms in total. The van der Waals surface area contributed by atoms with Gasteiger partial charge >= 0.3 is 5.97 Å². The van der Waals surface area contributed by atoms with Gasteiger partial charge in [0.1, 0.15) is 23.9 Å². The number of aryl methyl sites for hydroxylation is 2. The average Bonchev–Trinajstić information content (AvgIpc) is 2.84. The summed E-state index contributed by atoms with van der Waals surface area (Å²) in [5.74, 6) is 0.476. The molecule has 2 aromatic rings. The van der Waals surface area contributed by atoms with E-state index < -0.39 is 0 Å². The second-order valence-electron chi connectivity index (χ2n) is 9.45. The predicted molar refractivity (Wildman–Crippen MR) is 149 cm³/mol. The molecule has 1 aliphatic heterocycles. The monoisotopic (exact) mass is 485 g/mol. The smallest absolute Gasteiger partial charge is 0.338 e. The zero-order chi connectivity index (χ0) is 26.0. The van der Waals surface area contributed by atoms with Gasteiger partial charge in [-0.25, -0.2) is 9.37 Å². The van der Waals surface area contributed by atoms with Gasteiger partial charge in [0, 0.05) is 40.4 Å². The summed E-state index contributed by atoms with van der Waals surface area (Å²) in [5, 5.41) is 5.57. The maximum absolute atomic E-state index is 13.0. The minimum atomic E-state index is -0.318. The van der Waals surface area contributed by atoms with Crippen molar-refractivity contribution >= 4 is 22.6 Å². The molecule has 4 rings (SSSR count). The van der Waals surface area contributed by atoms with E-state index >= 15 is 0 Å². The largest absolute Gasteiger partial charge is 0.462 e. The molecule has 0 unspecified atom stereocenters. The van der Waals surface area contributed by atoms with Gasteiger partial charge in [-0.2, -0.15) is 0 Å². The zero-order valence-corrected chi connectivity index (χ0v) is 22.5. The minimum Gasteiger partial charge on any atom is -0.462 e. The maximum atomic E-state index is 13.0. The Morgan fingerprint density at radius 3 is 2.42 bits per heavy atom. The molecule has 5 heteroatoms. The molecule has 188 valence electrons. The van der Waals surface area contributed by atoms with Crippen LogP contribution >= 0.6 is 0 Å². The second-order valence-corrected chi connectivity index (χ2v) is 9.45. The third-order valence-corrected chi connectivity index (χ3v) is 6.72. The summed E-state index contributed by atoms with van der Waals surface area (Å²) in [6.07, 6.45) is 0. The molecule has 1 aliphatic carbocycles. The van der Waals surface area contributed by atoms with E-state index in [-0.39, 0.29) is 5.97 Å². The number of hydrogen-bond acceptors (Lipinski definition) is 4. The Kier molecular flexibility index (Phi) is 7.48. The highest BCUT2D eigenvalue weighted by atomic mass is 16.5. The number of hydrogen-bond donors (Lipinski definition) is 1. The summed E-state index contributed by atoms with van der Waals surface area (Å²) in [6, 6.07) is 16.6. The van der Waals surface area contributed by atoms with Gasteiger partial charge in [0.25, 0.3) is 0 Å². The van der Waals surface area contributed by atoms with Crippen LogP contribution in [-0.4, -0.2) is 31.7 Å². The quantitative estimate of drug-likeness (QED) is 0.181. The van der Waals surface area contributed by atoms with Gasteiger partial charge in [-0.3, -0.25) is 0 Å². The van der Waals surface area contributed by atoms with Gasteiger partial charge in [-0.1, -0.05) is 18.2 Å². The lowest BCUT2D eigenvalue weighted by Crippen LogP contribution is -2.37. The minimum absolute atomic E-state index is 0.318. The fraction of sp³-hybridized carbons (Fsp3) is 0.355. The van der Waals surface area contributed by atoms with Crippen LogP contribution in [0.3, 0.4) is 0 Å². The Balaban J connectivity index is 2.19. The number of ether oxygens (including phenoxy) is 1. The first kappa shape index (κ1) is 25.5. The van der Waals surface area contributed by atoms with Crippen molar-refractivity contribution in [3.8, 4) is 22.5 Å². The zero-order valence-electron chi connectivity index (χ0n) is 22.5. The van der Waals surface area contributed by atoms with Crippen molar-refractivity contribution in [1.82, 2.24) is 4.58 Å². The van der Waals surface area contributed by atoms with Crippen LogP contribution in [0.5, 0.6) is 0 Å². The fourth-order valence-electron chi connectivity index (χ4n) is 5.07. The highest BCUT2D eigenvalue weighted by Crippen LogP contribution is 2.43. The van der Waals surface area contributed by atoms with Crippen LogP contribution < -0.4 is 15.2 Å². The van der Waals surface area contributed by atoms with Crippen molar-refractivity contribution < 1.29 is 13.9 Å². The molecule has 0 atom stereocenters. The van der Waals surface area contributed by atoms with E-state index in [1.807, 2.05) is 31.2 Å². The Morgan fingerprint density at radius 1 is 1.00 bits per heavy atom. The van der Waals surface area contributed by atoms with Crippen molar-refractivity contribution in [1.29, 1.82) is 0 Å². The molecular weight excluding hydrogens is 448 g/mol. The van der Waals surface area contributed by atoms with Crippen LogP contribution in [0.15, 0.2) is 52.9 Å². The first-order valence-electron chi connectivity index (χ1n) is 12.9. The van der Waals surface area contributed by atoms with Crippen LogP contribution in [0.1, 0.15) is 56.1 Å². The molecule has 0 saturated heterocycles. The number of nitrogens with zero attached hydrogens (tertiary/aromatic N) is 1. The van der Waals surface area contributed by atoms with E-state index in [9.17, 15) is 4.79 Å². The van der Waals surface area contributed by atoms with Crippen LogP contribution in [0.2, 0.25) is 0 Å². The average molecular weight is 486 g/mol. The number of nitrogens with one attached hydrogen (secondary N) is 1. The van der Waals surface area contributed by atoms with E-state index in [1.54, 1.807) is 0 Å². The molecule has 1 heterocycles. The van der Waals surface area contributed by atoms with E-state index in [1.165, 1.54) is 5.56 Å². The van der Waals surface area contributed by atoms with Crippen LogP contribution in [0.4, 0.5) is 5.69 Å². The topological polar surface area (TPSA) is 54.5 Å². The number of anilines is 1. The number of fused-ring (bicyclic) bond motifs is 2. The summed E-state index contributed by atoms with van der Waals surface area (Å²) in [6.45, 7) is 16.8. The van der Waals surface area contributed by atoms with E-state index in [2.05, 4.69) is 75.7 Å². The van der Waals surface area contributed by atoms with Crippen molar-refractivity contribution in [2.75, 3.05) is 25.0 Å². The van der Waals surface area contributed by atoms with Crippen LogP contribution in [0, 0.1) is 13.8 Å². The number of carbonyl (C=O) groups excluding carboxylic acids is 1. The lowest BCUT2D eigenvalue weighted by molar-refractivity contribution is 0.0527. The second kappa shape index (κ2) is 10.6. The maximum Gasteiger partial charge on any atom is 0.338 e. The molecule has 36 heavy (non-hydrogen) atoms. The van der Waals surface area contributed by atoms with E-state index in [0.29, 0.717) is 18.2 Å². The van der Waals surface area contributed by atoms with Gasteiger partial charge in [-0.05, 0) is 77.8 Å². The molecule has 0 aromatic heterocycles. The Bertz CT molecular complexity index is 1460. The third-order valence-electron chi connectivity index (χ3n) is 6.72. The highest BCUT2D eigenvalue weighted by molar-refractivity contribution is 6.08. The molecule has 2 aliphatic rings. The number of esters is 1. The van der Waals surface area contributed by atoms with Crippen molar-refractivity contribution in [3.05, 3.63) is 70.6 Å². The summed E-state index contributed by atoms with van der Waals surface area (Å²) < 4.78 is 14.4. The molecule has 0 amide bonds. The molecule has 2 aromatic carbocycles. The van der Waals surface area contributed by atoms with Gasteiger partial charge in [0.05, 0.1) is 18.2 Å². The van der Waals surface area contributed by atoms with E-state index in [4.69, 9.17) is 9.15 Å². The number of benzene rings is 3. The summed E-state index contributed by atoms with van der Waals surface area (Å²) in [7, 11) is 0. The highest BCUT2D eigenvalue weighted by Gasteiger charge is 2.24. The number of rotatable bonds is 7. The van der Waals surface area contributed by atoms with Crippen LogP contribution in [-0.2, 0) is 4.74 Å². The molecule has 0 spiro atoms. The van der Waals surface area contributed by atoms with Crippen LogP contribution in [0.25, 0.3) is 33.4 Å². The van der Waals surface area contributed by atoms with Crippen molar-refractivity contribution in [3.63, 3.8) is 0 Å². The third kappa shape index (κ3) is 4.62. The normalized spacial score (nSPS) is 12.3. The molecule has 0 saturated carbocycles. The van der Waals surface area contributed by atoms with Crippen molar-refractivity contribution in [2.45, 2.75) is 54.5 Å². The number of carbonyl (C=O) groups is 1. The Labute approximate surface area is 213 Å². The Hall–Kier alpha value is -3.60. The Morgan fingerprint density at radius 2 is 1.75 bits per heavy atom. The lowest BCUT2D eigenvalue weighted by Gasteiger charge is -2.19. The SMILES string of the molecule is CCNc1cc2oc3cc(=[N+](CC)C(C)C)c(C)cc-3c(-c3ccccc3C(=O)OCC)c2cc1C. The van der Waals surface area contributed by atoms with Gasteiger partial charge < -0.3 is 14.5 Å². The standard InChI is InChI=1S/C31H36N2O3/c1-8-32-26-17-28-24(15-20(26)6)30(22-13-11-12-14-23(22)31(34)35-10-3)25-16-21(7)27(18-29(25)36-28)33(9-2)19(4)5/h11-19H,8-10H2,1-7H3/p+1. The molecule has 0 bridgehead atoms. The van der Waals surface area contributed by atoms with Gasteiger partial charge in [0.2, 0.25) is 5.36 Å². The summed E-state index contributed by atoms with van der Waals surface area (Å²) >= 11 is 0. The van der Waals surface area contributed by atoms with Gasteiger partial charge in [-0.15, -0.1) is 0 Å². The predicted octanol–water partition coefficient (Wildman–Crippen LogP) is 6.63.